The van der Waals surface area contributed by atoms with Gasteiger partial charge in [0.15, 0.2) is 17.5 Å². The average molecular weight is 246 g/mol. The van der Waals surface area contributed by atoms with E-state index in [-0.39, 0.29) is 17.8 Å². The Balaban J connectivity index is 3.14. The Morgan fingerprint density at radius 1 is 1.12 bits per heavy atom. The third kappa shape index (κ3) is 3.35. The van der Waals surface area contributed by atoms with Crippen molar-refractivity contribution in [3.63, 3.8) is 0 Å². The summed E-state index contributed by atoms with van der Waals surface area (Å²) in [6, 6.07) is 0.497. The zero-order valence-electron chi connectivity index (χ0n) is 10.5. The molecule has 0 saturated carbocycles. The van der Waals surface area contributed by atoms with Gasteiger partial charge < -0.3 is 4.90 Å². The normalized spacial score (nSPS) is 11.4. The number of rotatable bonds is 4. The van der Waals surface area contributed by atoms with E-state index in [4.69, 9.17) is 0 Å². The summed E-state index contributed by atoms with van der Waals surface area (Å²) in [5.41, 5.74) is 0. The zero-order chi connectivity index (χ0) is 13.2. The molecule has 0 fully saturated rings. The summed E-state index contributed by atoms with van der Waals surface area (Å²) in [5, 5.41) is 0. The Morgan fingerprint density at radius 2 is 1.71 bits per heavy atom. The third-order valence-electron chi connectivity index (χ3n) is 2.33. The van der Waals surface area contributed by atoms with Crippen molar-refractivity contribution in [3.05, 3.63) is 23.6 Å². The summed E-state index contributed by atoms with van der Waals surface area (Å²) in [6.45, 7) is 8.17. The third-order valence-corrected chi connectivity index (χ3v) is 2.33. The second kappa shape index (κ2) is 5.38. The first-order valence-corrected chi connectivity index (χ1v) is 5.61. The standard InChI is InChI=1S/C12H17F3N2/c1-7(2)6-17(8(3)4)12-10(14)5-9(13)11(15)16-12/h5,7-8H,6H2,1-4H3. The molecular formula is C12H17F3N2. The molecule has 1 heterocycles. The van der Waals surface area contributed by atoms with Crippen LogP contribution in [0.1, 0.15) is 27.7 Å². The molecule has 0 aliphatic carbocycles. The van der Waals surface area contributed by atoms with Gasteiger partial charge >= 0.3 is 0 Å². The van der Waals surface area contributed by atoms with E-state index < -0.39 is 17.6 Å². The molecule has 0 unspecified atom stereocenters. The average Bonchev–Trinajstić information content (AvgIpc) is 2.20. The van der Waals surface area contributed by atoms with Gasteiger partial charge in [0.1, 0.15) is 0 Å². The quantitative estimate of drug-likeness (QED) is 0.757. The topological polar surface area (TPSA) is 16.1 Å². The van der Waals surface area contributed by atoms with Crippen LogP contribution in [0, 0.1) is 23.5 Å². The number of pyridine rings is 1. The molecular weight excluding hydrogens is 229 g/mol. The molecule has 0 aromatic carbocycles. The van der Waals surface area contributed by atoms with Crippen molar-refractivity contribution in [2.75, 3.05) is 11.4 Å². The van der Waals surface area contributed by atoms with Crippen LogP contribution in [0.15, 0.2) is 6.07 Å². The second-order valence-electron chi connectivity index (χ2n) is 4.71. The minimum absolute atomic E-state index is 0.0377. The van der Waals surface area contributed by atoms with E-state index in [2.05, 4.69) is 4.98 Å². The van der Waals surface area contributed by atoms with Gasteiger partial charge in [0, 0.05) is 18.7 Å². The fraction of sp³-hybridized carbons (Fsp3) is 0.583. The molecule has 0 radical (unpaired) electrons. The lowest BCUT2D eigenvalue weighted by Crippen LogP contribution is -2.35. The van der Waals surface area contributed by atoms with Crippen LogP contribution in [0.25, 0.3) is 0 Å². The van der Waals surface area contributed by atoms with Crippen molar-refractivity contribution in [2.24, 2.45) is 5.92 Å². The van der Waals surface area contributed by atoms with Gasteiger partial charge in [0.05, 0.1) is 0 Å². The largest absolute Gasteiger partial charge is 0.351 e. The highest BCUT2D eigenvalue weighted by atomic mass is 19.2. The number of hydrogen-bond donors (Lipinski definition) is 0. The molecule has 5 heteroatoms. The van der Waals surface area contributed by atoms with Crippen LogP contribution in [-0.2, 0) is 0 Å². The molecule has 2 nitrogen and oxygen atoms in total. The maximum absolute atomic E-state index is 13.6. The fourth-order valence-corrected chi connectivity index (χ4v) is 1.57. The second-order valence-corrected chi connectivity index (χ2v) is 4.71. The molecule has 96 valence electrons. The van der Waals surface area contributed by atoms with Gasteiger partial charge in [-0.05, 0) is 19.8 Å². The van der Waals surface area contributed by atoms with E-state index in [1.807, 2.05) is 27.7 Å². The molecule has 1 aromatic rings. The van der Waals surface area contributed by atoms with Gasteiger partial charge in [-0.3, -0.25) is 0 Å². The highest BCUT2D eigenvalue weighted by Gasteiger charge is 2.20. The maximum atomic E-state index is 13.6. The van der Waals surface area contributed by atoms with Crippen molar-refractivity contribution >= 4 is 5.82 Å². The predicted octanol–water partition coefficient (Wildman–Crippen LogP) is 3.37. The van der Waals surface area contributed by atoms with Crippen LogP contribution in [0.4, 0.5) is 19.0 Å². The number of halogens is 3. The summed E-state index contributed by atoms with van der Waals surface area (Å²) >= 11 is 0. The minimum atomic E-state index is -1.27. The Bertz CT molecular complexity index is 392. The highest BCUT2D eigenvalue weighted by Crippen LogP contribution is 2.21. The molecule has 1 rings (SSSR count). The van der Waals surface area contributed by atoms with Crippen LogP contribution in [-0.4, -0.2) is 17.6 Å². The SMILES string of the molecule is CC(C)CN(c1nc(F)c(F)cc1F)C(C)C. The Morgan fingerprint density at radius 3 is 2.18 bits per heavy atom. The molecule has 1 aromatic heterocycles. The lowest BCUT2D eigenvalue weighted by molar-refractivity contribution is 0.456. The van der Waals surface area contributed by atoms with Gasteiger partial charge in [-0.1, -0.05) is 13.8 Å². The molecule has 0 bridgehead atoms. The van der Waals surface area contributed by atoms with Gasteiger partial charge in [-0.2, -0.15) is 9.37 Å². The van der Waals surface area contributed by atoms with E-state index in [1.54, 1.807) is 4.90 Å². The van der Waals surface area contributed by atoms with Crippen molar-refractivity contribution in [2.45, 2.75) is 33.7 Å². The summed E-state index contributed by atoms with van der Waals surface area (Å²) in [6.07, 6.45) is 0. The van der Waals surface area contributed by atoms with Crippen LogP contribution in [0.5, 0.6) is 0 Å². The van der Waals surface area contributed by atoms with E-state index >= 15 is 0 Å². The first-order chi connectivity index (χ1) is 7.82. The molecule has 0 aliphatic rings. The van der Waals surface area contributed by atoms with Gasteiger partial charge in [-0.25, -0.2) is 8.78 Å². The van der Waals surface area contributed by atoms with E-state index in [0.717, 1.165) is 0 Å². The smallest absolute Gasteiger partial charge is 0.251 e. The Labute approximate surface area is 99.5 Å². The molecule has 0 amide bonds. The van der Waals surface area contributed by atoms with Crippen molar-refractivity contribution < 1.29 is 13.2 Å². The van der Waals surface area contributed by atoms with Crippen molar-refractivity contribution in [3.8, 4) is 0 Å². The van der Waals surface area contributed by atoms with E-state index in [0.29, 0.717) is 12.6 Å². The number of hydrogen-bond acceptors (Lipinski definition) is 2. The Kier molecular flexibility index (Phi) is 4.37. The van der Waals surface area contributed by atoms with Gasteiger partial charge in [-0.15, -0.1) is 0 Å². The van der Waals surface area contributed by atoms with Crippen LogP contribution in [0.3, 0.4) is 0 Å². The molecule has 0 aliphatic heterocycles. The lowest BCUT2D eigenvalue weighted by Gasteiger charge is -2.29. The van der Waals surface area contributed by atoms with Crippen LogP contribution in [0.2, 0.25) is 0 Å². The first kappa shape index (κ1) is 13.8. The lowest BCUT2D eigenvalue weighted by atomic mass is 10.1. The van der Waals surface area contributed by atoms with E-state index in [9.17, 15) is 13.2 Å². The van der Waals surface area contributed by atoms with Gasteiger partial charge in [0.25, 0.3) is 5.95 Å². The fourth-order valence-electron chi connectivity index (χ4n) is 1.57. The zero-order valence-corrected chi connectivity index (χ0v) is 10.5. The molecule has 0 N–H and O–H groups in total. The van der Waals surface area contributed by atoms with E-state index in [1.165, 1.54) is 0 Å². The predicted molar refractivity (Wildman–Crippen MR) is 61.4 cm³/mol. The highest BCUT2D eigenvalue weighted by molar-refractivity contribution is 5.41. The van der Waals surface area contributed by atoms with Crippen molar-refractivity contribution in [1.29, 1.82) is 0 Å². The molecule has 0 spiro atoms. The summed E-state index contributed by atoms with van der Waals surface area (Å²) in [5.74, 6) is -3.23. The number of nitrogens with zero attached hydrogens (tertiary/aromatic N) is 2. The summed E-state index contributed by atoms with van der Waals surface area (Å²) < 4.78 is 39.4. The number of aromatic nitrogens is 1. The maximum Gasteiger partial charge on any atom is 0.251 e. The molecule has 0 saturated heterocycles. The van der Waals surface area contributed by atoms with Gasteiger partial charge in [0.2, 0.25) is 0 Å². The summed E-state index contributed by atoms with van der Waals surface area (Å²) in [4.78, 5) is 4.98. The molecule has 17 heavy (non-hydrogen) atoms. The van der Waals surface area contributed by atoms with Crippen LogP contribution < -0.4 is 4.90 Å². The summed E-state index contributed by atoms with van der Waals surface area (Å²) in [7, 11) is 0. The first-order valence-electron chi connectivity index (χ1n) is 5.61. The molecule has 0 atom stereocenters. The monoisotopic (exact) mass is 246 g/mol. The van der Waals surface area contributed by atoms with Crippen LogP contribution >= 0.6 is 0 Å². The minimum Gasteiger partial charge on any atom is -0.351 e. The number of anilines is 1. The Hall–Kier alpha value is -1.26. The van der Waals surface area contributed by atoms with Crippen molar-refractivity contribution in [1.82, 2.24) is 4.98 Å².